The van der Waals surface area contributed by atoms with Crippen LogP contribution in [-0.4, -0.2) is 18.4 Å². The summed E-state index contributed by atoms with van der Waals surface area (Å²) >= 11 is 0. The van der Waals surface area contributed by atoms with E-state index in [0.29, 0.717) is 31.1 Å². The molecule has 0 bridgehead atoms. The largest absolute Gasteiger partial charge is 0.465 e. The monoisotopic (exact) mass is 404 g/mol. The summed E-state index contributed by atoms with van der Waals surface area (Å²) < 4.78 is 10.7. The number of amides is 2. The molecule has 0 saturated heterocycles. The predicted molar refractivity (Wildman–Crippen MR) is 114 cm³/mol. The van der Waals surface area contributed by atoms with Crippen molar-refractivity contribution in [2.24, 2.45) is 0 Å². The number of furan rings is 1. The Hall–Kier alpha value is -3.64. The van der Waals surface area contributed by atoms with Crippen LogP contribution in [0.25, 0.3) is 6.08 Å². The van der Waals surface area contributed by atoms with Crippen molar-refractivity contribution in [2.45, 2.75) is 20.1 Å². The van der Waals surface area contributed by atoms with E-state index in [0.717, 1.165) is 11.1 Å². The van der Waals surface area contributed by atoms with Crippen LogP contribution >= 0.6 is 0 Å². The fraction of sp³-hybridized carbons (Fsp3) is 0.167. The highest BCUT2D eigenvalue weighted by Crippen LogP contribution is 2.09. The molecule has 2 amide bonds. The summed E-state index contributed by atoms with van der Waals surface area (Å²) in [5.41, 5.74) is 2.57. The van der Waals surface area contributed by atoms with Crippen molar-refractivity contribution in [3.05, 3.63) is 101 Å². The number of rotatable bonds is 9. The topological polar surface area (TPSA) is 80.6 Å². The Morgan fingerprint density at radius 3 is 2.37 bits per heavy atom. The van der Waals surface area contributed by atoms with E-state index in [4.69, 9.17) is 9.15 Å². The minimum atomic E-state index is -0.408. The molecule has 0 aliphatic rings. The van der Waals surface area contributed by atoms with Crippen LogP contribution in [0.15, 0.2) is 83.1 Å². The number of carbonyl (C=O) groups is 2. The van der Waals surface area contributed by atoms with Gasteiger partial charge in [-0.2, -0.15) is 0 Å². The maximum absolute atomic E-state index is 12.8. The molecule has 0 atom stereocenters. The molecule has 0 aliphatic carbocycles. The van der Waals surface area contributed by atoms with Crippen LogP contribution < -0.4 is 10.6 Å². The lowest BCUT2D eigenvalue weighted by atomic mass is 10.1. The van der Waals surface area contributed by atoms with Crippen LogP contribution in [-0.2, 0) is 22.7 Å². The molecule has 0 saturated carbocycles. The first kappa shape index (κ1) is 21.1. The summed E-state index contributed by atoms with van der Waals surface area (Å²) in [6.45, 7) is 3.50. The van der Waals surface area contributed by atoms with E-state index in [2.05, 4.69) is 10.6 Å². The van der Waals surface area contributed by atoms with E-state index in [1.807, 2.05) is 37.3 Å². The van der Waals surface area contributed by atoms with Gasteiger partial charge in [0.15, 0.2) is 0 Å². The summed E-state index contributed by atoms with van der Waals surface area (Å²) in [7, 11) is 0. The van der Waals surface area contributed by atoms with Crippen molar-refractivity contribution in [1.82, 2.24) is 10.6 Å². The van der Waals surface area contributed by atoms with Crippen LogP contribution in [0.2, 0.25) is 0 Å². The Labute approximate surface area is 175 Å². The smallest absolute Gasteiger partial charge is 0.268 e. The minimum Gasteiger partial charge on any atom is -0.465 e. The molecule has 154 valence electrons. The van der Waals surface area contributed by atoms with Crippen LogP contribution in [0.1, 0.15) is 34.2 Å². The summed E-state index contributed by atoms with van der Waals surface area (Å²) in [6.07, 6.45) is 3.01. The maximum atomic E-state index is 12.8. The molecule has 30 heavy (non-hydrogen) atoms. The van der Waals surface area contributed by atoms with Crippen molar-refractivity contribution < 1.29 is 18.7 Å². The van der Waals surface area contributed by atoms with Crippen LogP contribution in [0.5, 0.6) is 0 Å². The predicted octanol–water partition coefficient (Wildman–Crippen LogP) is 3.90. The van der Waals surface area contributed by atoms with Crippen molar-refractivity contribution in [3.8, 4) is 0 Å². The molecule has 3 rings (SSSR count). The Morgan fingerprint density at radius 2 is 1.70 bits per heavy atom. The number of benzene rings is 2. The molecule has 2 N–H and O–H groups in total. The van der Waals surface area contributed by atoms with E-state index in [-0.39, 0.29) is 11.6 Å². The van der Waals surface area contributed by atoms with Crippen LogP contribution in [0, 0.1) is 0 Å². The highest BCUT2D eigenvalue weighted by atomic mass is 16.5. The molecule has 1 aromatic heterocycles. The second kappa shape index (κ2) is 10.8. The summed E-state index contributed by atoms with van der Waals surface area (Å²) in [5, 5.41) is 5.51. The SMILES string of the molecule is CCOCc1ccc(CNC(=O)C(=Cc2ccco2)NC(=O)c2ccccc2)cc1. The number of ether oxygens (including phenoxy) is 1. The minimum absolute atomic E-state index is 0.103. The molecule has 3 aromatic rings. The summed E-state index contributed by atoms with van der Waals surface area (Å²) in [4.78, 5) is 25.3. The first-order valence-electron chi connectivity index (χ1n) is 9.71. The average Bonchev–Trinajstić information content (AvgIpc) is 3.30. The fourth-order valence-electron chi connectivity index (χ4n) is 2.71. The molecule has 0 spiro atoms. The normalized spacial score (nSPS) is 11.2. The van der Waals surface area contributed by atoms with Gasteiger partial charge < -0.3 is 19.8 Å². The zero-order valence-electron chi connectivity index (χ0n) is 16.8. The van der Waals surface area contributed by atoms with Crippen molar-refractivity contribution in [2.75, 3.05) is 6.61 Å². The van der Waals surface area contributed by atoms with E-state index >= 15 is 0 Å². The van der Waals surface area contributed by atoms with Crippen LogP contribution in [0.4, 0.5) is 0 Å². The standard InChI is InChI=1S/C24H24N2O4/c1-2-29-17-19-12-10-18(11-13-19)16-25-24(28)22(15-21-9-6-14-30-21)26-23(27)20-7-4-3-5-8-20/h3-15H,2,16-17H2,1H3,(H,25,28)(H,26,27). The summed E-state index contributed by atoms with van der Waals surface area (Å²) in [5.74, 6) is -0.313. The lowest BCUT2D eigenvalue weighted by molar-refractivity contribution is -0.117. The second-order valence-electron chi connectivity index (χ2n) is 6.53. The average molecular weight is 404 g/mol. The lowest BCUT2D eigenvalue weighted by Crippen LogP contribution is -2.34. The van der Waals surface area contributed by atoms with Gasteiger partial charge in [0.25, 0.3) is 11.8 Å². The quantitative estimate of drug-likeness (QED) is 0.530. The zero-order chi connectivity index (χ0) is 21.2. The van der Waals surface area contributed by atoms with Crippen molar-refractivity contribution in [3.63, 3.8) is 0 Å². The summed E-state index contributed by atoms with van der Waals surface area (Å²) in [6, 6.07) is 19.9. The molecule has 0 aliphatic heterocycles. The fourth-order valence-corrected chi connectivity index (χ4v) is 2.71. The Bertz CT molecular complexity index is 978. The van der Waals surface area contributed by atoms with Gasteiger partial charge in [-0.3, -0.25) is 9.59 Å². The number of hydrogen-bond acceptors (Lipinski definition) is 4. The highest BCUT2D eigenvalue weighted by molar-refractivity contribution is 6.05. The molecule has 1 heterocycles. The van der Waals surface area contributed by atoms with Gasteiger partial charge in [0, 0.05) is 24.8 Å². The maximum Gasteiger partial charge on any atom is 0.268 e. The lowest BCUT2D eigenvalue weighted by Gasteiger charge is -2.11. The molecular formula is C24H24N2O4. The first-order valence-corrected chi connectivity index (χ1v) is 9.71. The van der Waals surface area contributed by atoms with Gasteiger partial charge in [0.05, 0.1) is 12.9 Å². The number of nitrogens with one attached hydrogen (secondary N) is 2. The molecule has 2 aromatic carbocycles. The van der Waals surface area contributed by atoms with Gasteiger partial charge in [-0.05, 0) is 42.3 Å². The zero-order valence-corrected chi connectivity index (χ0v) is 16.8. The van der Waals surface area contributed by atoms with Gasteiger partial charge in [0.1, 0.15) is 11.5 Å². The third kappa shape index (κ3) is 6.18. The number of hydrogen-bond donors (Lipinski definition) is 2. The van der Waals surface area contributed by atoms with E-state index in [1.165, 1.54) is 12.3 Å². The van der Waals surface area contributed by atoms with Gasteiger partial charge in [-0.1, -0.05) is 42.5 Å². The van der Waals surface area contributed by atoms with Gasteiger partial charge in [0.2, 0.25) is 0 Å². The van der Waals surface area contributed by atoms with E-state index < -0.39 is 5.91 Å². The van der Waals surface area contributed by atoms with Crippen molar-refractivity contribution >= 4 is 17.9 Å². The Balaban J connectivity index is 1.67. The Morgan fingerprint density at radius 1 is 0.967 bits per heavy atom. The second-order valence-corrected chi connectivity index (χ2v) is 6.53. The van der Waals surface area contributed by atoms with E-state index in [9.17, 15) is 9.59 Å². The third-order valence-corrected chi connectivity index (χ3v) is 4.31. The number of carbonyl (C=O) groups excluding carboxylic acids is 2. The first-order chi connectivity index (χ1) is 14.7. The van der Waals surface area contributed by atoms with Gasteiger partial charge >= 0.3 is 0 Å². The molecule has 0 unspecified atom stereocenters. The third-order valence-electron chi connectivity index (χ3n) is 4.31. The molecule has 0 fully saturated rings. The van der Waals surface area contributed by atoms with Crippen LogP contribution in [0.3, 0.4) is 0 Å². The van der Waals surface area contributed by atoms with E-state index in [1.54, 1.807) is 36.4 Å². The Kier molecular flexibility index (Phi) is 7.58. The molecular weight excluding hydrogens is 380 g/mol. The highest BCUT2D eigenvalue weighted by Gasteiger charge is 2.15. The van der Waals surface area contributed by atoms with Gasteiger partial charge in [-0.15, -0.1) is 0 Å². The molecule has 6 heteroatoms. The van der Waals surface area contributed by atoms with Gasteiger partial charge in [-0.25, -0.2) is 0 Å². The molecule has 6 nitrogen and oxygen atoms in total. The van der Waals surface area contributed by atoms with Crippen molar-refractivity contribution in [1.29, 1.82) is 0 Å². The molecule has 0 radical (unpaired) electrons.